The van der Waals surface area contributed by atoms with Gasteiger partial charge < -0.3 is 4.74 Å². The maximum absolute atomic E-state index is 15.1. The summed E-state index contributed by atoms with van der Waals surface area (Å²) >= 11 is 0. The second kappa shape index (κ2) is 11.9. The van der Waals surface area contributed by atoms with E-state index in [9.17, 15) is 4.39 Å². The van der Waals surface area contributed by atoms with Crippen molar-refractivity contribution in [1.82, 2.24) is 0 Å². The Morgan fingerprint density at radius 1 is 0.767 bits per heavy atom. The van der Waals surface area contributed by atoms with E-state index in [0.29, 0.717) is 12.2 Å². The van der Waals surface area contributed by atoms with Crippen molar-refractivity contribution in [2.75, 3.05) is 6.67 Å². The molecule has 0 saturated heterocycles. The molecule has 0 fully saturated rings. The van der Waals surface area contributed by atoms with Gasteiger partial charge in [-0.2, -0.15) is 0 Å². The van der Waals surface area contributed by atoms with E-state index in [2.05, 4.69) is 31.2 Å². The number of hydrogen-bond donors (Lipinski definition) is 0. The lowest BCUT2D eigenvalue weighted by Crippen LogP contribution is -2.22. The zero-order chi connectivity index (χ0) is 21.2. The van der Waals surface area contributed by atoms with E-state index < -0.39 is 6.36 Å². The maximum Gasteiger partial charge on any atom is 0.241 e. The van der Waals surface area contributed by atoms with E-state index in [0.717, 1.165) is 62.1 Å². The number of alkyl halides is 2. The van der Waals surface area contributed by atoms with Crippen LogP contribution < -0.4 is 4.74 Å². The fourth-order valence-corrected chi connectivity index (χ4v) is 4.21. The first-order valence-corrected chi connectivity index (χ1v) is 11.5. The molecule has 0 N–H and O–H groups in total. The van der Waals surface area contributed by atoms with Crippen molar-refractivity contribution in [3.8, 4) is 5.75 Å². The van der Waals surface area contributed by atoms with Crippen LogP contribution in [-0.4, -0.2) is 13.0 Å². The van der Waals surface area contributed by atoms with Crippen molar-refractivity contribution in [3.63, 3.8) is 0 Å². The van der Waals surface area contributed by atoms with Gasteiger partial charge in [-0.15, -0.1) is 0 Å². The molecule has 0 aliphatic heterocycles. The predicted molar refractivity (Wildman–Crippen MR) is 124 cm³/mol. The SMILES string of the molecule is CCCCCC(CCCCCCF)C(F)Oc1ccc2c(ccc3ccccc32)c1. The summed E-state index contributed by atoms with van der Waals surface area (Å²) in [7, 11) is 0. The average Bonchev–Trinajstić information content (AvgIpc) is 2.77. The third-order valence-electron chi connectivity index (χ3n) is 5.97. The Hall–Kier alpha value is -2.16. The monoisotopic (exact) mass is 412 g/mol. The van der Waals surface area contributed by atoms with Gasteiger partial charge >= 0.3 is 0 Å². The molecule has 0 aromatic heterocycles. The van der Waals surface area contributed by atoms with Crippen LogP contribution in [0, 0.1) is 5.92 Å². The molecule has 0 saturated carbocycles. The van der Waals surface area contributed by atoms with E-state index in [1.54, 1.807) is 0 Å². The van der Waals surface area contributed by atoms with Gasteiger partial charge in [-0.25, -0.2) is 4.39 Å². The first kappa shape index (κ1) is 22.5. The largest absolute Gasteiger partial charge is 0.460 e. The van der Waals surface area contributed by atoms with Gasteiger partial charge in [0.25, 0.3) is 0 Å². The lowest BCUT2D eigenvalue weighted by atomic mass is 9.94. The summed E-state index contributed by atoms with van der Waals surface area (Å²) < 4.78 is 33.2. The van der Waals surface area contributed by atoms with Crippen LogP contribution in [0.3, 0.4) is 0 Å². The molecule has 0 aliphatic carbocycles. The first-order chi connectivity index (χ1) is 14.7. The molecule has 3 rings (SSSR count). The molecule has 0 heterocycles. The van der Waals surface area contributed by atoms with Crippen LogP contribution in [0.5, 0.6) is 5.75 Å². The highest BCUT2D eigenvalue weighted by molar-refractivity contribution is 6.07. The third kappa shape index (κ3) is 6.17. The minimum absolute atomic E-state index is 0.103. The van der Waals surface area contributed by atoms with Gasteiger partial charge in [-0.1, -0.05) is 87.9 Å². The second-order valence-corrected chi connectivity index (χ2v) is 8.29. The Balaban J connectivity index is 1.67. The zero-order valence-electron chi connectivity index (χ0n) is 18.1. The van der Waals surface area contributed by atoms with Crippen molar-refractivity contribution >= 4 is 21.5 Å². The fourth-order valence-electron chi connectivity index (χ4n) is 4.21. The first-order valence-electron chi connectivity index (χ1n) is 11.5. The number of rotatable bonds is 13. The molecule has 3 aromatic rings. The van der Waals surface area contributed by atoms with Crippen LogP contribution in [-0.2, 0) is 0 Å². The number of ether oxygens (including phenoxy) is 1. The Morgan fingerprint density at radius 2 is 1.47 bits per heavy atom. The van der Waals surface area contributed by atoms with E-state index in [1.807, 2.05) is 30.3 Å². The van der Waals surface area contributed by atoms with Crippen LogP contribution in [0.1, 0.15) is 64.7 Å². The van der Waals surface area contributed by atoms with Crippen LogP contribution in [0.4, 0.5) is 8.78 Å². The molecule has 2 unspecified atom stereocenters. The van der Waals surface area contributed by atoms with Crippen LogP contribution >= 0.6 is 0 Å². The van der Waals surface area contributed by atoms with Gasteiger partial charge in [0.05, 0.1) is 6.67 Å². The zero-order valence-corrected chi connectivity index (χ0v) is 18.1. The Labute approximate surface area is 179 Å². The molecule has 3 aromatic carbocycles. The van der Waals surface area contributed by atoms with Gasteiger partial charge in [0.15, 0.2) is 0 Å². The average molecular weight is 413 g/mol. The van der Waals surface area contributed by atoms with Crippen molar-refractivity contribution in [3.05, 3.63) is 54.6 Å². The number of unbranched alkanes of at least 4 members (excludes halogenated alkanes) is 5. The predicted octanol–water partition coefficient (Wildman–Crippen LogP) is 8.78. The smallest absolute Gasteiger partial charge is 0.241 e. The number of halogens is 2. The molecule has 0 radical (unpaired) electrons. The lowest BCUT2D eigenvalue weighted by molar-refractivity contribution is 0.00335. The Kier molecular flexibility index (Phi) is 8.92. The molecule has 0 spiro atoms. The quantitative estimate of drug-likeness (QED) is 0.201. The van der Waals surface area contributed by atoms with Gasteiger partial charge in [0.1, 0.15) is 5.75 Å². The van der Waals surface area contributed by atoms with E-state index >= 15 is 4.39 Å². The second-order valence-electron chi connectivity index (χ2n) is 8.29. The molecule has 0 bridgehead atoms. The van der Waals surface area contributed by atoms with Crippen molar-refractivity contribution < 1.29 is 13.5 Å². The molecular formula is C27H34F2O. The summed E-state index contributed by atoms with van der Waals surface area (Å²) in [6.07, 6.45) is 7.00. The minimum atomic E-state index is -1.30. The number of fused-ring (bicyclic) bond motifs is 3. The number of hydrogen-bond acceptors (Lipinski definition) is 1. The highest BCUT2D eigenvalue weighted by Crippen LogP contribution is 2.31. The van der Waals surface area contributed by atoms with Crippen molar-refractivity contribution in [1.29, 1.82) is 0 Å². The topological polar surface area (TPSA) is 9.23 Å². The van der Waals surface area contributed by atoms with Gasteiger partial charge in [-0.05, 0) is 52.9 Å². The summed E-state index contributed by atoms with van der Waals surface area (Å²) in [6.45, 7) is 1.90. The van der Waals surface area contributed by atoms with Crippen LogP contribution in [0.25, 0.3) is 21.5 Å². The van der Waals surface area contributed by atoms with Crippen molar-refractivity contribution in [2.45, 2.75) is 71.1 Å². The molecular weight excluding hydrogens is 378 g/mol. The third-order valence-corrected chi connectivity index (χ3v) is 5.97. The summed E-state index contributed by atoms with van der Waals surface area (Å²) in [5.41, 5.74) is 0. The fraction of sp³-hybridized carbons (Fsp3) is 0.481. The van der Waals surface area contributed by atoms with E-state index in [1.165, 1.54) is 10.8 Å². The van der Waals surface area contributed by atoms with E-state index in [-0.39, 0.29) is 12.6 Å². The Bertz CT molecular complexity index is 908. The molecule has 30 heavy (non-hydrogen) atoms. The van der Waals surface area contributed by atoms with Gasteiger partial charge in [-0.3, -0.25) is 4.39 Å². The van der Waals surface area contributed by atoms with Crippen LogP contribution in [0.2, 0.25) is 0 Å². The van der Waals surface area contributed by atoms with Crippen molar-refractivity contribution in [2.24, 2.45) is 5.92 Å². The van der Waals surface area contributed by atoms with Crippen LogP contribution in [0.15, 0.2) is 54.6 Å². The van der Waals surface area contributed by atoms with E-state index in [4.69, 9.17) is 4.74 Å². The highest BCUT2D eigenvalue weighted by atomic mass is 19.1. The lowest BCUT2D eigenvalue weighted by Gasteiger charge is -2.22. The standard InChI is InChI=1S/C27H34F2O/c1-2-3-6-12-22(13-7-4-5-10-19-28)27(29)30-24-17-18-26-23(20-24)16-15-21-11-8-9-14-25(21)26/h8-9,11,14-18,20,22,27H,2-7,10,12-13,19H2,1H3. The highest BCUT2D eigenvalue weighted by Gasteiger charge is 2.22. The normalized spacial score (nSPS) is 13.6. The maximum atomic E-state index is 15.1. The molecule has 1 nitrogen and oxygen atoms in total. The molecule has 0 amide bonds. The molecule has 3 heteroatoms. The van der Waals surface area contributed by atoms with Gasteiger partial charge in [0.2, 0.25) is 6.36 Å². The Morgan fingerprint density at radius 3 is 2.27 bits per heavy atom. The summed E-state index contributed by atoms with van der Waals surface area (Å²) in [4.78, 5) is 0. The molecule has 2 atom stereocenters. The minimum Gasteiger partial charge on any atom is -0.460 e. The van der Waals surface area contributed by atoms with Gasteiger partial charge in [0, 0.05) is 5.92 Å². The summed E-state index contributed by atoms with van der Waals surface area (Å²) in [5, 5.41) is 4.62. The molecule has 162 valence electrons. The molecule has 0 aliphatic rings. The summed E-state index contributed by atoms with van der Waals surface area (Å²) in [5.74, 6) is 0.484. The summed E-state index contributed by atoms with van der Waals surface area (Å²) in [6, 6.07) is 18.3. The number of benzene rings is 3.